The molecule has 0 bridgehead atoms. The van der Waals surface area contributed by atoms with Gasteiger partial charge in [0.1, 0.15) is 5.82 Å². The minimum atomic E-state index is -0.878. The number of likely N-dealkylation sites (tertiary alicyclic amines) is 2. The van der Waals surface area contributed by atoms with E-state index in [9.17, 15) is 19.1 Å². The van der Waals surface area contributed by atoms with E-state index in [0.717, 1.165) is 18.4 Å². The van der Waals surface area contributed by atoms with E-state index in [1.165, 1.54) is 12.1 Å². The summed E-state index contributed by atoms with van der Waals surface area (Å²) in [4.78, 5) is 27.3. The molecule has 0 radical (unpaired) electrons. The van der Waals surface area contributed by atoms with Gasteiger partial charge in [0.25, 0.3) is 0 Å². The number of halogens is 1. The molecule has 6 nitrogen and oxygen atoms in total. The number of rotatable bonds is 4. The molecule has 7 heteroatoms. The van der Waals surface area contributed by atoms with Gasteiger partial charge in [-0.1, -0.05) is 12.1 Å². The van der Waals surface area contributed by atoms with Crippen LogP contribution in [-0.2, 0) is 16.0 Å². The van der Waals surface area contributed by atoms with Gasteiger partial charge in [-0.05, 0) is 37.0 Å². The average molecular weight is 364 g/mol. The summed E-state index contributed by atoms with van der Waals surface area (Å²) < 4.78 is 13.0. The lowest BCUT2D eigenvalue weighted by atomic mass is 9.71. The molecule has 2 N–H and O–H groups in total. The van der Waals surface area contributed by atoms with Gasteiger partial charge in [-0.15, -0.1) is 0 Å². The van der Waals surface area contributed by atoms with Crippen LogP contribution in [0.4, 0.5) is 4.39 Å². The van der Waals surface area contributed by atoms with Gasteiger partial charge in [0.2, 0.25) is 5.91 Å². The van der Waals surface area contributed by atoms with Crippen molar-refractivity contribution in [2.24, 2.45) is 5.41 Å². The summed E-state index contributed by atoms with van der Waals surface area (Å²) >= 11 is 0. The molecule has 3 rings (SSSR count). The van der Waals surface area contributed by atoms with Crippen LogP contribution in [0, 0.1) is 11.2 Å². The number of piperidine rings is 2. The molecule has 2 saturated heterocycles. The zero-order valence-electron chi connectivity index (χ0n) is 14.7. The SMILES string of the molecule is O=C(O)CN1CC[C@@H](O)[C@]2(CCCN(C(=O)Cc3ccc(F)cc3)C2)C1. The molecular formula is C19H25FN2O4. The zero-order chi connectivity index (χ0) is 18.7. The predicted molar refractivity (Wildman–Crippen MR) is 93.1 cm³/mol. The lowest BCUT2D eigenvalue weighted by molar-refractivity contribution is -0.147. The predicted octanol–water partition coefficient (Wildman–Crippen LogP) is 1.13. The van der Waals surface area contributed by atoms with Gasteiger partial charge in [0, 0.05) is 31.6 Å². The number of amides is 1. The second-order valence-corrected chi connectivity index (χ2v) is 7.49. The number of carboxylic acids is 1. The van der Waals surface area contributed by atoms with E-state index in [4.69, 9.17) is 5.11 Å². The Hall–Kier alpha value is -1.99. The van der Waals surface area contributed by atoms with Gasteiger partial charge < -0.3 is 15.1 Å². The van der Waals surface area contributed by atoms with Gasteiger partial charge >= 0.3 is 5.97 Å². The largest absolute Gasteiger partial charge is 0.480 e. The van der Waals surface area contributed by atoms with Gasteiger partial charge in [-0.25, -0.2) is 4.39 Å². The first-order chi connectivity index (χ1) is 12.4. The molecule has 26 heavy (non-hydrogen) atoms. The van der Waals surface area contributed by atoms with E-state index in [-0.39, 0.29) is 24.7 Å². The molecule has 2 fully saturated rings. The minimum absolute atomic E-state index is 0.0433. The lowest BCUT2D eigenvalue weighted by Crippen LogP contribution is -2.60. The van der Waals surface area contributed by atoms with Crippen LogP contribution in [-0.4, -0.2) is 70.7 Å². The molecule has 1 aromatic rings. The summed E-state index contributed by atoms with van der Waals surface area (Å²) in [5, 5.41) is 19.6. The Morgan fingerprint density at radius 2 is 1.92 bits per heavy atom. The zero-order valence-corrected chi connectivity index (χ0v) is 14.7. The number of aliphatic hydroxyl groups is 1. The van der Waals surface area contributed by atoms with E-state index < -0.39 is 17.5 Å². The quantitative estimate of drug-likeness (QED) is 0.837. The van der Waals surface area contributed by atoms with Crippen LogP contribution < -0.4 is 0 Å². The van der Waals surface area contributed by atoms with Crippen molar-refractivity contribution in [1.82, 2.24) is 9.80 Å². The molecule has 2 heterocycles. The lowest BCUT2D eigenvalue weighted by Gasteiger charge is -2.50. The van der Waals surface area contributed by atoms with Gasteiger partial charge in [-0.2, -0.15) is 0 Å². The Kier molecular flexibility index (Phi) is 5.58. The molecule has 0 aliphatic carbocycles. The smallest absolute Gasteiger partial charge is 0.317 e. The van der Waals surface area contributed by atoms with Crippen molar-refractivity contribution < 1.29 is 24.2 Å². The molecule has 2 aliphatic rings. The number of aliphatic hydroxyl groups excluding tert-OH is 1. The minimum Gasteiger partial charge on any atom is -0.480 e. The summed E-state index contributed by atoms with van der Waals surface area (Å²) in [6.45, 7) is 2.06. The third-order valence-electron chi connectivity index (χ3n) is 5.55. The average Bonchev–Trinajstić information content (AvgIpc) is 2.60. The topological polar surface area (TPSA) is 81.1 Å². The molecule has 1 aromatic carbocycles. The van der Waals surface area contributed by atoms with Crippen molar-refractivity contribution in [1.29, 1.82) is 0 Å². The summed E-state index contributed by atoms with van der Waals surface area (Å²) in [6, 6.07) is 5.90. The monoisotopic (exact) mass is 364 g/mol. The number of carboxylic acid groups (broad SMARTS) is 1. The first-order valence-electron chi connectivity index (χ1n) is 9.02. The molecule has 142 valence electrons. The molecular weight excluding hydrogens is 339 g/mol. The Morgan fingerprint density at radius 3 is 2.62 bits per heavy atom. The van der Waals surface area contributed by atoms with E-state index >= 15 is 0 Å². The maximum absolute atomic E-state index is 13.0. The van der Waals surface area contributed by atoms with Gasteiger partial charge in [-0.3, -0.25) is 14.5 Å². The molecule has 0 unspecified atom stereocenters. The molecule has 1 amide bonds. The third kappa shape index (κ3) is 4.22. The highest BCUT2D eigenvalue weighted by Gasteiger charge is 2.46. The molecule has 2 aliphatic heterocycles. The van der Waals surface area contributed by atoms with E-state index in [2.05, 4.69) is 0 Å². The summed E-state index contributed by atoms with van der Waals surface area (Å²) in [7, 11) is 0. The van der Waals surface area contributed by atoms with E-state index in [0.29, 0.717) is 32.6 Å². The second-order valence-electron chi connectivity index (χ2n) is 7.49. The number of nitrogens with zero attached hydrogens (tertiary/aromatic N) is 2. The highest BCUT2D eigenvalue weighted by Crippen LogP contribution is 2.38. The van der Waals surface area contributed by atoms with Crippen molar-refractivity contribution in [3.8, 4) is 0 Å². The number of hydrogen-bond donors (Lipinski definition) is 2. The first-order valence-corrected chi connectivity index (χ1v) is 9.02. The fourth-order valence-corrected chi connectivity index (χ4v) is 4.23. The summed E-state index contributed by atoms with van der Waals surface area (Å²) in [5.41, 5.74) is 0.289. The molecule has 1 spiro atoms. The second kappa shape index (κ2) is 7.72. The van der Waals surface area contributed by atoms with Crippen LogP contribution in [0.15, 0.2) is 24.3 Å². The van der Waals surface area contributed by atoms with Crippen LogP contribution in [0.2, 0.25) is 0 Å². The molecule has 0 saturated carbocycles. The molecule has 2 atom stereocenters. The van der Waals surface area contributed by atoms with Gasteiger partial charge in [0.15, 0.2) is 0 Å². The van der Waals surface area contributed by atoms with E-state index in [1.807, 2.05) is 4.90 Å². The van der Waals surface area contributed by atoms with Crippen molar-refractivity contribution in [3.63, 3.8) is 0 Å². The Balaban J connectivity index is 1.67. The van der Waals surface area contributed by atoms with Crippen molar-refractivity contribution in [2.45, 2.75) is 31.8 Å². The number of carbonyl (C=O) groups is 2. The van der Waals surface area contributed by atoms with Crippen molar-refractivity contribution in [3.05, 3.63) is 35.6 Å². The number of aliphatic carboxylic acids is 1. The normalized spacial score (nSPS) is 26.8. The number of hydrogen-bond acceptors (Lipinski definition) is 4. The Bertz CT molecular complexity index is 666. The van der Waals surface area contributed by atoms with Gasteiger partial charge in [0.05, 0.1) is 19.1 Å². The Labute approximate surface area is 152 Å². The van der Waals surface area contributed by atoms with Crippen LogP contribution in [0.5, 0.6) is 0 Å². The summed E-state index contributed by atoms with van der Waals surface area (Å²) in [6.07, 6.45) is 1.75. The van der Waals surface area contributed by atoms with Crippen molar-refractivity contribution in [2.75, 3.05) is 32.7 Å². The highest BCUT2D eigenvalue weighted by molar-refractivity contribution is 5.79. The number of benzene rings is 1. The Morgan fingerprint density at radius 1 is 1.19 bits per heavy atom. The highest BCUT2D eigenvalue weighted by atomic mass is 19.1. The third-order valence-corrected chi connectivity index (χ3v) is 5.55. The fourth-order valence-electron chi connectivity index (χ4n) is 4.23. The molecule has 0 aromatic heterocycles. The maximum Gasteiger partial charge on any atom is 0.317 e. The van der Waals surface area contributed by atoms with Crippen LogP contribution >= 0.6 is 0 Å². The first kappa shape index (κ1) is 18.8. The van der Waals surface area contributed by atoms with Crippen molar-refractivity contribution >= 4 is 11.9 Å². The van der Waals surface area contributed by atoms with Crippen LogP contribution in [0.3, 0.4) is 0 Å². The van der Waals surface area contributed by atoms with Crippen LogP contribution in [0.1, 0.15) is 24.8 Å². The van der Waals surface area contributed by atoms with E-state index in [1.54, 1.807) is 17.0 Å². The number of carbonyl (C=O) groups excluding carboxylic acids is 1. The standard InChI is InChI=1S/C19H25FN2O4/c20-15-4-2-14(3-5-15)10-17(24)22-8-1-7-19(13-22)12-21(11-18(25)26)9-6-16(19)23/h2-5,16,23H,1,6-13H2,(H,25,26)/t16-,19-/m1/s1. The fraction of sp³-hybridized carbons (Fsp3) is 0.579. The van der Waals surface area contributed by atoms with Crippen LogP contribution in [0.25, 0.3) is 0 Å². The maximum atomic E-state index is 13.0. The summed E-state index contributed by atoms with van der Waals surface area (Å²) in [5.74, 6) is -1.25.